The Balaban J connectivity index is 1.62. The van der Waals surface area contributed by atoms with Gasteiger partial charge in [0.1, 0.15) is 6.17 Å². The van der Waals surface area contributed by atoms with Gasteiger partial charge in [0.05, 0.1) is 17.4 Å². The van der Waals surface area contributed by atoms with E-state index in [-0.39, 0.29) is 34.8 Å². The summed E-state index contributed by atoms with van der Waals surface area (Å²) in [4.78, 5) is 40.0. The molecule has 0 spiro atoms. The number of aliphatic carboxylic acids is 1. The second-order valence-corrected chi connectivity index (χ2v) is 9.02. The number of ether oxygens (including phenoxy) is 1. The van der Waals surface area contributed by atoms with E-state index in [1.165, 1.54) is 12.1 Å². The Kier molecular flexibility index (Phi) is 4.66. The molecule has 2 saturated carbocycles. The molecule has 1 aromatic rings. The summed E-state index contributed by atoms with van der Waals surface area (Å²) in [7, 11) is 0. The molecule has 172 valence electrons. The quantitative estimate of drug-likeness (QED) is 0.633. The van der Waals surface area contributed by atoms with Crippen molar-refractivity contribution >= 4 is 29.0 Å². The Labute approximate surface area is 181 Å². The predicted molar refractivity (Wildman–Crippen MR) is 106 cm³/mol. The van der Waals surface area contributed by atoms with Crippen LogP contribution < -0.4 is 20.3 Å². The van der Waals surface area contributed by atoms with E-state index in [9.17, 15) is 32.7 Å². The molecule has 3 fully saturated rings. The zero-order chi connectivity index (χ0) is 22.9. The molecule has 32 heavy (non-hydrogen) atoms. The van der Waals surface area contributed by atoms with Crippen LogP contribution in [0.25, 0.3) is 0 Å². The van der Waals surface area contributed by atoms with Gasteiger partial charge < -0.3 is 25.4 Å². The first-order valence-electron chi connectivity index (χ1n) is 10.5. The second-order valence-electron chi connectivity index (χ2n) is 9.02. The van der Waals surface area contributed by atoms with Crippen molar-refractivity contribution in [2.24, 2.45) is 17.6 Å². The van der Waals surface area contributed by atoms with Crippen LogP contribution in [-0.4, -0.2) is 60.2 Å². The van der Waals surface area contributed by atoms with Gasteiger partial charge in [0.2, 0.25) is 5.91 Å². The van der Waals surface area contributed by atoms with Crippen LogP contribution in [0.1, 0.15) is 36.0 Å². The van der Waals surface area contributed by atoms with E-state index in [2.05, 4.69) is 0 Å². The van der Waals surface area contributed by atoms with E-state index in [4.69, 9.17) is 10.5 Å². The van der Waals surface area contributed by atoms with Crippen molar-refractivity contribution < 1.29 is 37.4 Å². The number of hydrogen-bond acceptors (Lipinski definition) is 6. The summed E-state index contributed by atoms with van der Waals surface area (Å²) in [5, 5.41) is 9.41. The fourth-order valence-corrected chi connectivity index (χ4v) is 4.94. The number of alkyl halides is 3. The lowest BCUT2D eigenvalue weighted by molar-refractivity contribution is -0.144. The average molecular weight is 453 g/mol. The van der Waals surface area contributed by atoms with E-state index in [1.54, 1.807) is 0 Å². The monoisotopic (exact) mass is 453 g/mol. The second kappa shape index (κ2) is 7.09. The highest BCUT2D eigenvalue weighted by molar-refractivity contribution is 6.31. The van der Waals surface area contributed by atoms with Crippen LogP contribution in [0, 0.1) is 11.8 Å². The number of benzene rings is 1. The lowest BCUT2D eigenvalue weighted by Gasteiger charge is -2.35. The van der Waals surface area contributed by atoms with E-state index in [0.29, 0.717) is 13.1 Å². The first kappa shape index (κ1) is 21.0. The highest BCUT2D eigenvalue weighted by Crippen LogP contribution is 2.51. The maximum Gasteiger partial charge on any atom is 0.387 e. The number of hydrogen-bond donors (Lipinski definition) is 2. The zero-order valence-electron chi connectivity index (χ0n) is 17.0. The number of Topliss-reactive ketones (excluding diaryl/α,β-unsaturated/α-hetero) is 1. The van der Waals surface area contributed by atoms with Gasteiger partial charge in [-0.2, -0.15) is 8.78 Å². The first-order chi connectivity index (χ1) is 15.1. The number of carbonyl (C=O) groups is 3. The molecule has 1 aromatic carbocycles. The fraction of sp³-hybridized carbons (Fsp3) is 0.571. The molecule has 1 unspecified atom stereocenters. The van der Waals surface area contributed by atoms with Crippen LogP contribution in [0.15, 0.2) is 12.1 Å². The third kappa shape index (κ3) is 3.21. The number of nitrogens with two attached hydrogens (primary N) is 1. The highest BCUT2D eigenvalue weighted by atomic mass is 19.3. The van der Waals surface area contributed by atoms with Crippen molar-refractivity contribution in [3.63, 3.8) is 0 Å². The largest absolute Gasteiger partial charge is 0.480 e. The molecule has 8 nitrogen and oxygen atoms in total. The minimum Gasteiger partial charge on any atom is -0.480 e. The molecule has 4 atom stereocenters. The van der Waals surface area contributed by atoms with Gasteiger partial charge in [-0.3, -0.25) is 14.4 Å². The lowest BCUT2D eigenvalue weighted by atomic mass is 9.89. The number of amides is 1. The topological polar surface area (TPSA) is 113 Å². The Morgan fingerprint density at radius 1 is 1.28 bits per heavy atom. The van der Waals surface area contributed by atoms with Crippen molar-refractivity contribution in [3.05, 3.63) is 17.7 Å². The van der Waals surface area contributed by atoms with Crippen molar-refractivity contribution in [3.8, 4) is 5.75 Å². The van der Waals surface area contributed by atoms with Gasteiger partial charge in [0.15, 0.2) is 17.5 Å². The van der Waals surface area contributed by atoms with Crippen molar-refractivity contribution in [1.29, 1.82) is 0 Å². The maximum absolute atomic E-state index is 14.0. The summed E-state index contributed by atoms with van der Waals surface area (Å²) in [5.41, 5.74) is 5.76. The van der Waals surface area contributed by atoms with Gasteiger partial charge in [0.25, 0.3) is 0 Å². The number of anilines is 2. The van der Waals surface area contributed by atoms with Gasteiger partial charge in [-0.1, -0.05) is 0 Å². The molecule has 0 radical (unpaired) electrons. The standard InChI is InChI=1S/C21H22F3N3O5/c22-11-7-13(11)27-15-10(16(28)14(18(27)29)19(30)31)1-2-12(17(15)32-20(23)24)26-6-3-9(8-26)21(25)4-5-21/h1-2,9,11,13-14,20H,3-8,25H2,(H,30,31)/t9-,11+,13-,14?/m1/s1. The fourth-order valence-electron chi connectivity index (χ4n) is 4.94. The van der Waals surface area contributed by atoms with Gasteiger partial charge in [-0.15, -0.1) is 0 Å². The minimum atomic E-state index is -3.27. The minimum absolute atomic E-state index is 0.0778. The summed E-state index contributed by atoms with van der Waals surface area (Å²) in [6, 6.07) is 1.69. The van der Waals surface area contributed by atoms with Gasteiger partial charge in [-0.05, 0) is 37.3 Å². The van der Waals surface area contributed by atoms with Crippen molar-refractivity contribution in [2.45, 2.75) is 50.0 Å². The zero-order valence-corrected chi connectivity index (χ0v) is 17.0. The van der Waals surface area contributed by atoms with Crippen LogP contribution in [0.4, 0.5) is 24.5 Å². The first-order valence-corrected chi connectivity index (χ1v) is 10.5. The van der Waals surface area contributed by atoms with Crippen molar-refractivity contribution in [2.75, 3.05) is 22.9 Å². The highest BCUT2D eigenvalue weighted by Gasteiger charge is 2.55. The molecule has 5 rings (SSSR count). The number of carboxylic acids is 1. The van der Waals surface area contributed by atoms with E-state index in [0.717, 1.165) is 24.2 Å². The number of halogens is 3. The lowest BCUT2D eigenvalue weighted by Crippen LogP contribution is -2.49. The van der Waals surface area contributed by atoms with E-state index < -0.39 is 48.2 Å². The van der Waals surface area contributed by atoms with Crippen LogP contribution >= 0.6 is 0 Å². The smallest absolute Gasteiger partial charge is 0.387 e. The Bertz CT molecular complexity index is 1010. The number of fused-ring (bicyclic) bond motifs is 1. The predicted octanol–water partition coefficient (Wildman–Crippen LogP) is 1.95. The van der Waals surface area contributed by atoms with Crippen LogP contribution in [0.2, 0.25) is 0 Å². The molecule has 0 aromatic heterocycles. The molecule has 1 saturated heterocycles. The van der Waals surface area contributed by atoms with Crippen molar-refractivity contribution in [1.82, 2.24) is 0 Å². The molecule has 4 aliphatic rings. The average Bonchev–Trinajstić information content (AvgIpc) is 3.57. The number of carboxylic acid groups (broad SMARTS) is 1. The van der Waals surface area contributed by atoms with Crippen LogP contribution in [0.5, 0.6) is 5.75 Å². The molecule has 2 aliphatic heterocycles. The molecular weight excluding hydrogens is 431 g/mol. The van der Waals surface area contributed by atoms with E-state index in [1.807, 2.05) is 4.90 Å². The molecule has 11 heteroatoms. The number of carbonyl (C=O) groups excluding carboxylic acids is 2. The Morgan fingerprint density at radius 3 is 2.53 bits per heavy atom. The Morgan fingerprint density at radius 2 is 1.97 bits per heavy atom. The SMILES string of the molecule is NC1([C@@H]2CCN(c3ccc4c(c3OC(F)F)N([C@@H]3C[C@@H]3F)C(=O)C(C(=O)O)C4=O)C2)CC1. The summed E-state index contributed by atoms with van der Waals surface area (Å²) in [6.45, 7) is -2.27. The van der Waals surface area contributed by atoms with Crippen LogP contribution in [0.3, 0.4) is 0 Å². The third-order valence-corrected chi connectivity index (χ3v) is 7.00. The van der Waals surface area contributed by atoms with Gasteiger partial charge in [0, 0.05) is 30.6 Å². The summed E-state index contributed by atoms with van der Waals surface area (Å²) >= 11 is 0. The molecule has 2 aliphatic carbocycles. The third-order valence-electron chi connectivity index (χ3n) is 7.00. The molecular formula is C21H22F3N3O5. The summed E-state index contributed by atoms with van der Waals surface area (Å²) < 4.78 is 45.7. The molecule has 0 bridgehead atoms. The van der Waals surface area contributed by atoms with Gasteiger partial charge >= 0.3 is 12.6 Å². The molecule has 3 N–H and O–H groups in total. The van der Waals surface area contributed by atoms with E-state index >= 15 is 0 Å². The maximum atomic E-state index is 14.0. The summed E-state index contributed by atoms with van der Waals surface area (Å²) in [6.07, 6.45) is 1.01. The summed E-state index contributed by atoms with van der Waals surface area (Å²) in [5.74, 6) is -6.16. The normalized spacial score (nSPS) is 30.5. The molecule has 2 heterocycles. The molecule has 1 amide bonds. The van der Waals surface area contributed by atoms with Crippen LogP contribution in [-0.2, 0) is 9.59 Å². The Hall–Kier alpha value is -2.82. The van der Waals surface area contributed by atoms with Gasteiger partial charge in [-0.25, -0.2) is 4.39 Å². The number of nitrogens with zero attached hydrogens (tertiary/aromatic N) is 2. The number of ketones is 1. The number of rotatable bonds is 6.